The van der Waals surface area contributed by atoms with E-state index in [1.807, 2.05) is 38.1 Å². The highest BCUT2D eigenvalue weighted by Gasteiger charge is 2.37. The number of hydrogen-bond donors (Lipinski definition) is 0. The summed E-state index contributed by atoms with van der Waals surface area (Å²) in [7, 11) is 1.48. The van der Waals surface area contributed by atoms with Crippen molar-refractivity contribution in [1.29, 1.82) is 5.26 Å². The van der Waals surface area contributed by atoms with Gasteiger partial charge in [-0.2, -0.15) is 5.26 Å². The van der Waals surface area contributed by atoms with E-state index >= 15 is 0 Å². The van der Waals surface area contributed by atoms with Gasteiger partial charge in [-0.3, -0.25) is 14.5 Å². The molecule has 0 N–H and O–H groups in total. The fourth-order valence-corrected chi connectivity index (χ4v) is 3.85. The minimum absolute atomic E-state index is 0.139. The van der Waals surface area contributed by atoms with Crippen LogP contribution in [0, 0.1) is 25.2 Å². The number of likely N-dealkylation sites (tertiary alicyclic amines) is 1. The van der Waals surface area contributed by atoms with Gasteiger partial charge in [-0.15, -0.1) is 0 Å². The smallest absolute Gasteiger partial charge is 0.242 e. The fraction of sp³-hybridized carbons (Fsp3) is 0.263. The zero-order valence-electron chi connectivity index (χ0n) is 14.2. The second kappa shape index (κ2) is 6.69. The molecular weight excluding hydrogens is 334 g/mol. The van der Waals surface area contributed by atoms with Crippen molar-refractivity contribution < 1.29 is 9.59 Å². The number of aryl methyl sites for hydroxylation is 2. The van der Waals surface area contributed by atoms with E-state index in [4.69, 9.17) is 0 Å². The van der Waals surface area contributed by atoms with Crippen LogP contribution in [0.4, 0.5) is 0 Å². The first-order chi connectivity index (χ1) is 11.9. The van der Waals surface area contributed by atoms with Gasteiger partial charge in [-0.25, -0.2) is 4.98 Å². The molecular formula is C19H17N3O2S. The number of aromatic nitrogens is 1. The Morgan fingerprint density at radius 2 is 1.92 bits per heavy atom. The lowest BCUT2D eigenvalue weighted by molar-refractivity contribution is -0.136. The van der Waals surface area contributed by atoms with Crippen molar-refractivity contribution in [3.05, 3.63) is 47.0 Å². The summed E-state index contributed by atoms with van der Waals surface area (Å²) in [6.07, 6.45) is 0.139. The van der Waals surface area contributed by atoms with Crippen LogP contribution in [-0.4, -0.2) is 34.0 Å². The molecule has 25 heavy (non-hydrogen) atoms. The monoisotopic (exact) mass is 351 g/mol. The van der Waals surface area contributed by atoms with E-state index in [0.29, 0.717) is 10.6 Å². The molecule has 3 rings (SSSR count). The summed E-state index contributed by atoms with van der Waals surface area (Å²) in [4.78, 5) is 29.7. The number of carbonyl (C=O) groups excluding carboxylic acids is 2. The van der Waals surface area contributed by atoms with E-state index < -0.39 is 5.25 Å². The molecule has 2 aromatic rings. The van der Waals surface area contributed by atoms with Gasteiger partial charge in [0.1, 0.15) is 11.1 Å². The lowest BCUT2D eigenvalue weighted by Crippen LogP contribution is -2.26. The molecule has 1 aromatic carbocycles. The molecule has 0 bridgehead atoms. The summed E-state index contributed by atoms with van der Waals surface area (Å²) in [5.74, 6) is -0.440. The minimum atomic E-state index is -0.523. The van der Waals surface area contributed by atoms with E-state index in [1.54, 1.807) is 6.07 Å². The van der Waals surface area contributed by atoms with Crippen molar-refractivity contribution in [1.82, 2.24) is 9.88 Å². The molecule has 0 aliphatic carbocycles. The van der Waals surface area contributed by atoms with Gasteiger partial charge in [0.2, 0.25) is 11.8 Å². The normalized spacial score (nSPS) is 17.0. The third-order valence-corrected chi connectivity index (χ3v) is 5.40. The Labute approximate surface area is 150 Å². The van der Waals surface area contributed by atoms with Crippen molar-refractivity contribution in [2.24, 2.45) is 0 Å². The Morgan fingerprint density at radius 3 is 2.48 bits per heavy atom. The number of hydrogen-bond acceptors (Lipinski definition) is 5. The van der Waals surface area contributed by atoms with Gasteiger partial charge in [-0.05, 0) is 25.5 Å². The number of nitrogens with zero attached hydrogens (tertiary/aromatic N) is 3. The van der Waals surface area contributed by atoms with Crippen LogP contribution in [0.3, 0.4) is 0 Å². The van der Waals surface area contributed by atoms with Crippen LogP contribution in [0.15, 0.2) is 35.4 Å². The van der Waals surface area contributed by atoms with E-state index in [9.17, 15) is 14.9 Å². The van der Waals surface area contributed by atoms with E-state index in [-0.39, 0.29) is 18.2 Å². The van der Waals surface area contributed by atoms with Gasteiger partial charge < -0.3 is 0 Å². The fourth-order valence-electron chi connectivity index (χ4n) is 2.72. The topological polar surface area (TPSA) is 74.1 Å². The highest BCUT2D eigenvalue weighted by molar-refractivity contribution is 8.00. The average molecular weight is 351 g/mol. The third-order valence-electron chi connectivity index (χ3n) is 4.22. The van der Waals surface area contributed by atoms with Crippen molar-refractivity contribution >= 4 is 23.6 Å². The molecule has 2 amide bonds. The van der Waals surface area contributed by atoms with Crippen LogP contribution in [0.5, 0.6) is 0 Å². The first-order valence-electron chi connectivity index (χ1n) is 7.86. The van der Waals surface area contributed by atoms with Crippen LogP contribution in [0.25, 0.3) is 11.3 Å². The largest absolute Gasteiger partial charge is 0.285 e. The second-order valence-corrected chi connectivity index (χ2v) is 7.28. The van der Waals surface area contributed by atoms with Gasteiger partial charge in [0, 0.05) is 19.0 Å². The number of carbonyl (C=O) groups is 2. The molecule has 1 aliphatic rings. The first kappa shape index (κ1) is 17.2. The molecule has 126 valence electrons. The lowest BCUT2D eigenvalue weighted by Gasteiger charge is -2.12. The van der Waals surface area contributed by atoms with Crippen LogP contribution < -0.4 is 0 Å². The van der Waals surface area contributed by atoms with Crippen molar-refractivity contribution in [3.63, 3.8) is 0 Å². The van der Waals surface area contributed by atoms with Crippen molar-refractivity contribution in [2.75, 3.05) is 7.05 Å². The average Bonchev–Trinajstić information content (AvgIpc) is 2.84. The van der Waals surface area contributed by atoms with E-state index in [0.717, 1.165) is 27.3 Å². The zero-order valence-corrected chi connectivity index (χ0v) is 15.1. The maximum atomic E-state index is 12.2. The maximum Gasteiger partial charge on any atom is 0.242 e. The first-order valence-corrected chi connectivity index (χ1v) is 8.74. The predicted molar refractivity (Wildman–Crippen MR) is 95.9 cm³/mol. The molecule has 0 radical (unpaired) electrons. The molecule has 1 aromatic heterocycles. The molecule has 5 nitrogen and oxygen atoms in total. The van der Waals surface area contributed by atoms with Gasteiger partial charge in [0.05, 0.1) is 16.5 Å². The Morgan fingerprint density at radius 1 is 1.24 bits per heavy atom. The van der Waals surface area contributed by atoms with Crippen LogP contribution in [-0.2, 0) is 9.59 Å². The highest BCUT2D eigenvalue weighted by Crippen LogP contribution is 2.34. The number of rotatable bonds is 3. The number of thioether (sulfide) groups is 1. The minimum Gasteiger partial charge on any atom is -0.285 e. The molecule has 0 saturated carbocycles. The number of amides is 2. The number of pyridine rings is 1. The lowest BCUT2D eigenvalue weighted by atomic mass is 10.0. The van der Waals surface area contributed by atoms with Crippen LogP contribution in [0.1, 0.15) is 23.1 Å². The molecule has 1 atom stereocenters. The summed E-state index contributed by atoms with van der Waals surface area (Å²) in [6.45, 7) is 3.93. The standard InChI is InChI=1S/C19H17N3O2S/c1-11-4-6-13(7-5-11)17-12(2)8-14(10-20)18(21-17)25-15-9-16(23)22(3)19(15)24/h4-8,15H,9H2,1-3H3. The summed E-state index contributed by atoms with van der Waals surface area (Å²) in [5, 5.41) is 9.39. The molecule has 6 heteroatoms. The molecule has 2 heterocycles. The summed E-state index contributed by atoms with van der Waals surface area (Å²) >= 11 is 1.19. The molecule has 0 spiro atoms. The number of imide groups is 1. The van der Waals surface area contributed by atoms with E-state index in [2.05, 4.69) is 11.1 Å². The Balaban J connectivity index is 2.00. The van der Waals surface area contributed by atoms with Gasteiger partial charge >= 0.3 is 0 Å². The summed E-state index contributed by atoms with van der Waals surface area (Å²) in [6, 6.07) is 11.9. The molecule has 1 fully saturated rings. The van der Waals surface area contributed by atoms with Gasteiger partial charge in [0.25, 0.3) is 0 Å². The van der Waals surface area contributed by atoms with Crippen LogP contribution >= 0.6 is 11.8 Å². The summed E-state index contributed by atoms with van der Waals surface area (Å²) < 4.78 is 0. The van der Waals surface area contributed by atoms with Gasteiger partial charge in [-0.1, -0.05) is 41.6 Å². The quantitative estimate of drug-likeness (QED) is 0.795. The third kappa shape index (κ3) is 3.28. The summed E-state index contributed by atoms with van der Waals surface area (Å²) in [5.41, 5.74) is 4.22. The van der Waals surface area contributed by atoms with Crippen molar-refractivity contribution in [2.45, 2.75) is 30.5 Å². The highest BCUT2D eigenvalue weighted by atomic mass is 32.2. The van der Waals surface area contributed by atoms with E-state index in [1.165, 1.54) is 18.8 Å². The van der Waals surface area contributed by atoms with Crippen molar-refractivity contribution in [3.8, 4) is 17.3 Å². The predicted octanol–water partition coefficient (Wildman–Crippen LogP) is 3.09. The Kier molecular flexibility index (Phi) is 4.60. The van der Waals surface area contributed by atoms with Gasteiger partial charge in [0.15, 0.2) is 0 Å². The Bertz CT molecular complexity index is 900. The number of nitriles is 1. The Hall–Kier alpha value is -2.65. The second-order valence-electron chi connectivity index (χ2n) is 6.09. The molecule has 1 unspecified atom stereocenters. The zero-order chi connectivity index (χ0) is 18.1. The van der Waals surface area contributed by atoms with Crippen LogP contribution in [0.2, 0.25) is 0 Å². The maximum absolute atomic E-state index is 12.2. The molecule has 1 aliphatic heterocycles. The number of benzene rings is 1. The molecule has 1 saturated heterocycles. The SMILES string of the molecule is Cc1ccc(-c2nc(SC3CC(=O)N(C)C3=O)c(C#N)cc2C)cc1.